The van der Waals surface area contributed by atoms with Crippen molar-refractivity contribution in [2.24, 2.45) is 0 Å². The van der Waals surface area contributed by atoms with E-state index in [4.69, 9.17) is 4.74 Å². The zero-order valence-electron chi connectivity index (χ0n) is 11.3. The van der Waals surface area contributed by atoms with Crippen molar-refractivity contribution in [3.63, 3.8) is 0 Å². The number of unbranched alkanes of at least 4 members (excludes halogenated alkanes) is 1. The van der Waals surface area contributed by atoms with Crippen molar-refractivity contribution in [3.8, 4) is 0 Å². The highest BCUT2D eigenvalue weighted by atomic mass is 16.5. The average Bonchev–Trinajstić information content (AvgIpc) is 2.46. The standard InChI is InChI=1S/C15H18N2O2/c1-3-4-9-16-14-8-7-11-5-6-12(15(18)19-2)10-13(11)17-14/h5-8,10H,3-4,9H2,1-2H3,(H,16,17). The topological polar surface area (TPSA) is 51.2 Å². The molecular formula is C15H18N2O2. The van der Waals surface area contributed by atoms with Gasteiger partial charge >= 0.3 is 5.97 Å². The maximum atomic E-state index is 11.5. The molecule has 0 radical (unpaired) electrons. The second-order valence-corrected chi connectivity index (χ2v) is 4.38. The van der Waals surface area contributed by atoms with Gasteiger partial charge in [-0.15, -0.1) is 0 Å². The van der Waals surface area contributed by atoms with Crippen LogP contribution in [0.15, 0.2) is 30.3 Å². The number of esters is 1. The fraction of sp³-hybridized carbons (Fsp3) is 0.333. The molecule has 1 aromatic carbocycles. The first-order valence-corrected chi connectivity index (χ1v) is 6.47. The van der Waals surface area contributed by atoms with E-state index >= 15 is 0 Å². The number of carbonyl (C=O) groups is 1. The Morgan fingerprint density at radius 2 is 2.11 bits per heavy atom. The molecule has 0 atom stereocenters. The van der Waals surface area contributed by atoms with Gasteiger partial charge in [-0.1, -0.05) is 19.4 Å². The third-order valence-electron chi connectivity index (χ3n) is 2.95. The van der Waals surface area contributed by atoms with Crippen LogP contribution < -0.4 is 5.32 Å². The van der Waals surface area contributed by atoms with E-state index < -0.39 is 0 Å². The number of rotatable bonds is 5. The van der Waals surface area contributed by atoms with E-state index in [1.807, 2.05) is 18.2 Å². The minimum Gasteiger partial charge on any atom is -0.465 e. The molecule has 1 N–H and O–H groups in total. The Labute approximate surface area is 112 Å². The van der Waals surface area contributed by atoms with E-state index in [0.717, 1.165) is 36.1 Å². The molecule has 0 saturated heterocycles. The van der Waals surface area contributed by atoms with Crippen LogP contribution in [0.1, 0.15) is 30.1 Å². The zero-order chi connectivity index (χ0) is 13.7. The lowest BCUT2D eigenvalue weighted by Crippen LogP contribution is -2.03. The van der Waals surface area contributed by atoms with Gasteiger partial charge in [-0.25, -0.2) is 9.78 Å². The van der Waals surface area contributed by atoms with Crippen LogP contribution in [-0.2, 0) is 4.74 Å². The molecule has 0 bridgehead atoms. The van der Waals surface area contributed by atoms with Gasteiger partial charge in [-0.3, -0.25) is 0 Å². The van der Waals surface area contributed by atoms with Gasteiger partial charge in [0.15, 0.2) is 0 Å². The molecule has 1 aromatic heterocycles. The number of carbonyl (C=O) groups excluding carboxylic acids is 1. The minimum atomic E-state index is -0.340. The normalized spacial score (nSPS) is 10.4. The third kappa shape index (κ3) is 3.22. The zero-order valence-corrected chi connectivity index (χ0v) is 11.3. The number of ether oxygens (including phenoxy) is 1. The third-order valence-corrected chi connectivity index (χ3v) is 2.95. The van der Waals surface area contributed by atoms with Crippen LogP contribution in [0, 0.1) is 0 Å². The van der Waals surface area contributed by atoms with Gasteiger partial charge < -0.3 is 10.1 Å². The van der Waals surface area contributed by atoms with Gasteiger partial charge in [0.1, 0.15) is 5.82 Å². The van der Waals surface area contributed by atoms with Crippen LogP contribution >= 0.6 is 0 Å². The predicted octanol–water partition coefficient (Wildman–Crippen LogP) is 3.23. The maximum Gasteiger partial charge on any atom is 0.337 e. The van der Waals surface area contributed by atoms with E-state index in [9.17, 15) is 4.79 Å². The number of pyridine rings is 1. The Morgan fingerprint density at radius 1 is 1.32 bits per heavy atom. The largest absolute Gasteiger partial charge is 0.465 e. The quantitative estimate of drug-likeness (QED) is 0.660. The van der Waals surface area contributed by atoms with Crippen LogP contribution in [0.3, 0.4) is 0 Å². The second-order valence-electron chi connectivity index (χ2n) is 4.38. The van der Waals surface area contributed by atoms with Gasteiger partial charge in [0.2, 0.25) is 0 Å². The molecule has 2 rings (SSSR count). The summed E-state index contributed by atoms with van der Waals surface area (Å²) in [7, 11) is 1.38. The summed E-state index contributed by atoms with van der Waals surface area (Å²) in [5.74, 6) is 0.496. The van der Waals surface area contributed by atoms with E-state index in [-0.39, 0.29) is 5.97 Å². The lowest BCUT2D eigenvalue weighted by atomic mass is 10.1. The first-order valence-electron chi connectivity index (χ1n) is 6.47. The molecule has 2 aromatic rings. The van der Waals surface area contributed by atoms with Crippen LogP contribution in [0.2, 0.25) is 0 Å². The first-order chi connectivity index (χ1) is 9.24. The average molecular weight is 258 g/mol. The highest BCUT2D eigenvalue weighted by molar-refractivity contribution is 5.94. The fourth-order valence-corrected chi connectivity index (χ4v) is 1.85. The lowest BCUT2D eigenvalue weighted by Gasteiger charge is -2.06. The Bertz CT molecular complexity index is 581. The number of hydrogen-bond donors (Lipinski definition) is 1. The Balaban J connectivity index is 2.26. The van der Waals surface area contributed by atoms with E-state index in [1.54, 1.807) is 12.1 Å². The molecule has 19 heavy (non-hydrogen) atoms. The number of nitrogens with one attached hydrogen (secondary N) is 1. The molecule has 4 heteroatoms. The van der Waals surface area contributed by atoms with Crippen molar-refractivity contribution >= 4 is 22.7 Å². The predicted molar refractivity (Wildman–Crippen MR) is 76.5 cm³/mol. The van der Waals surface area contributed by atoms with E-state index in [1.165, 1.54) is 7.11 Å². The summed E-state index contributed by atoms with van der Waals surface area (Å²) in [5.41, 5.74) is 1.32. The number of aromatic nitrogens is 1. The van der Waals surface area contributed by atoms with Crippen molar-refractivity contribution in [1.82, 2.24) is 4.98 Å². The Morgan fingerprint density at radius 3 is 2.84 bits per heavy atom. The summed E-state index contributed by atoms with van der Waals surface area (Å²) in [6, 6.07) is 9.34. The molecule has 0 spiro atoms. The first kappa shape index (κ1) is 13.3. The van der Waals surface area contributed by atoms with Crippen LogP contribution in [0.5, 0.6) is 0 Å². The summed E-state index contributed by atoms with van der Waals surface area (Å²) >= 11 is 0. The molecule has 0 unspecified atom stereocenters. The lowest BCUT2D eigenvalue weighted by molar-refractivity contribution is 0.0601. The molecular weight excluding hydrogens is 240 g/mol. The summed E-state index contributed by atoms with van der Waals surface area (Å²) in [5, 5.41) is 4.28. The molecule has 0 aliphatic heterocycles. The Hall–Kier alpha value is -2.10. The molecule has 0 amide bonds. The number of fused-ring (bicyclic) bond motifs is 1. The number of anilines is 1. The summed E-state index contributed by atoms with van der Waals surface area (Å²) in [4.78, 5) is 16.0. The second kappa shape index (κ2) is 6.18. The summed E-state index contributed by atoms with van der Waals surface area (Å²) in [6.45, 7) is 3.06. The van der Waals surface area contributed by atoms with Crippen LogP contribution in [-0.4, -0.2) is 24.6 Å². The van der Waals surface area contributed by atoms with Crippen LogP contribution in [0.25, 0.3) is 10.9 Å². The van der Waals surface area contributed by atoms with Gasteiger partial charge in [0.25, 0.3) is 0 Å². The fourth-order valence-electron chi connectivity index (χ4n) is 1.85. The molecule has 100 valence electrons. The van der Waals surface area contributed by atoms with E-state index in [2.05, 4.69) is 17.2 Å². The SMILES string of the molecule is CCCCNc1ccc2ccc(C(=O)OC)cc2n1. The number of nitrogens with zero attached hydrogens (tertiary/aromatic N) is 1. The van der Waals surface area contributed by atoms with Gasteiger partial charge in [-0.05, 0) is 30.7 Å². The van der Waals surface area contributed by atoms with Crippen molar-refractivity contribution in [2.45, 2.75) is 19.8 Å². The molecule has 0 aliphatic carbocycles. The summed E-state index contributed by atoms with van der Waals surface area (Å²) < 4.78 is 4.71. The maximum absolute atomic E-state index is 11.5. The smallest absolute Gasteiger partial charge is 0.337 e. The molecule has 1 heterocycles. The van der Waals surface area contributed by atoms with Gasteiger partial charge in [0, 0.05) is 11.9 Å². The summed E-state index contributed by atoms with van der Waals surface area (Å²) in [6.07, 6.45) is 2.26. The molecule has 0 aliphatic rings. The monoisotopic (exact) mass is 258 g/mol. The number of methoxy groups -OCH3 is 1. The van der Waals surface area contributed by atoms with Gasteiger partial charge in [0.05, 0.1) is 18.2 Å². The van der Waals surface area contributed by atoms with Crippen molar-refractivity contribution in [3.05, 3.63) is 35.9 Å². The highest BCUT2D eigenvalue weighted by Crippen LogP contribution is 2.17. The van der Waals surface area contributed by atoms with Crippen molar-refractivity contribution < 1.29 is 9.53 Å². The minimum absolute atomic E-state index is 0.340. The molecule has 4 nitrogen and oxygen atoms in total. The Kier molecular flexibility index (Phi) is 4.34. The van der Waals surface area contributed by atoms with E-state index in [0.29, 0.717) is 5.56 Å². The number of hydrogen-bond acceptors (Lipinski definition) is 4. The van der Waals surface area contributed by atoms with Crippen molar-refractivity contribution in [2.75, 3.05) is 19.0 Å². The van der Waals surface area contributed by atoms with Crippen molar-refractivity contribution in [1.29, 1.82) is 0 Å². The molecule has 0 fully saturated rings. The number of benzene rings is 1. The molecule has 0 saturated carbocycles. The highest BCUT2D eigenvalue weighted by Gasteiger charge is 2.06. The van der Waals surface area contributed by atoms with Crippen LogP contribution in [0.4, 0.5) is 5.82 Å². The van der Waals surface area contributed by atoms with Gasteiger partial charge in [-0.2, -0.15) is 0 Å².